The van der Waals surface area contributed by atoms with E-state index in [9.17, 15) is 4.79 Å². The smallest absolute Gasteiger partial charge is 0.345 e. The maximum atomic E-state index is 10.9. The van der Waals surface area contributed by atoms with E-state index in [1.165, 1.54) is 5.57 Å². The molecule has 0 aliphatic heterocycles. The highest BCUT2D eigenvalue weighted by molar-refractivity contribution is 9.12. The Hall–Kier alpha value is -0.310. The molecule has 3 heteroatoms. The second kappa shape index (κ2) is 3.19. The van der Waals surface area contributed by atoms with Crippen LogP contribution in [0.5, 0.6) is 0 Å². The Morgan fingerprint density at radius 3 is 2.70 bits per heavy atom. The number of allylic oxidation sites excluding steroid dienone is 1. The molecule has 1 saturated carbocycles. The summed E-state index contributed by atoms with van der Waals surface area (Å²) in [6, 6.07) is 0. The Bertz CT molecular complexity index is 178. The molecule has 1 rings (SSSR count). The summed E-state index contributed by atoms with van der Waals surface area (Å²) in [5.74, 6) is -0.227. The Morgan fingerprint density at radius 2 is 2.30 bits per heavy atom. The SMILES string of the molecule is CCOC(=O)C(Br)=C1CC1. The van der Waals surface area contributed by atoms with Crippen LogP contribution in [0.15, 0.2) is 10.1 Å². The van der Waals surface area contributed by atoms with Crippen molar-refractivity contribution in [1.29, 1.82) is 0 Å². The number of carbonyl (C=O) groups is 1. The molecule has 0 heterocycles. The Kier molecular flexibility index (Phi) is 2.49. The lowest BCUT2D eigenvalue weighted by molar-refractivity contribution is -0.137. The molecule has 0 bridgehead atoms. The fraction of sp³-hybridized carbons (Fsp3) is 0.571. The third-order valence-corrected chi connectivity index (χ3v) is 2.15. The third kappa shape index (κ3) is 1.84. The summed E-state index contributed by atoms with van der Waals surface area (Å²) >= 11 is 3.18. The minimum Gasteiger partial charge on any atom is -0.462 e. The first-order chi connectivity index (χ1) is 4.75. The van der Waals surface area contributed by atoms with E-state index in [1.807, 2.05) is 0 Å². The van der Waals surface area contributed by atoms with E-state index in [0.717, 1.165) is 12.8 Å². The van der Waals surface area contributed by atoms with Crippen LogP contribution in [0.25, 0.3) is 0 Å². The summed E-state index contributed by atoms with van der Waals surface area (Å²) in [7, 11) is 0. The van der Waals surface area contributed by atoms with Gasteiger partial charge in [-0.2, -0.15) is 0 Å². The van der Waals surface area contributed by atoms with Crippen LogP contribution in [0.1, 0.15) is 19.8 Å². The summed E-state index contributed by atoms with van der Waals surface area (Å²) in [5.41, 5.74) is 1.18. The van der Waals surface area contributed by atoms with E-state index >= 15 is 0 Å². The molecule has 2 nitrogen and oxygen atoms in total. The highest BCUT2D eigenvalue weighted by Gasteiger charge is 2.21. The number of rotatable bonds is 2. The minimum absolute atomic E-state index is 0.227. The number of halogens is 1. The van der Waals surface area contributed by atoms with Crippen molar-refractivity contribution in [3.8, 4) is 0 Å². The summed E-state index contributed by atoms with van der Waals surface area (Å²) in [6.07, 6.45) is 2.08. The van der Waals surface area contributed by atoms with Gasteiger partial charge in [-0.25, -0.2) is 4.79 Å². The van der Waals surface area contributed by atoms with Crippen molar-refractivity contribution in [1.82, 2.24) is 0 Å². The van der Waals surface area contributed by atoms with E-state index in [1.54, 1.807) is 6.92 Å². The molecule has 0 aromatic heterocycles. The van der Waals surface area contributed by atoms with Gasteiger partial charge >= 0.3 is 5.97 Å². The Morgan fingerprint density at radius 1 is 1.70 bits per heavy atom. The second-order valence-corrected chi connectivity index (χ2v) is 2.93. The van der Waals surface area contributed by atoms with Crippen LogP contribution in [0.3, 0.4) is 0 Å². The lowest BCUT2D eigenvalue weighted by atomic mass is 10.5. The summed E-state index contributed by atoms with van der Waals surface area (Å²) in [5, 5.41) is 0. The number of carbonyl (C=O) groups excluding carboxylic acids is 1. The van der Waals surface area contributed by atoms with Gasteiger partial charge in [0.2, 0.25) is 0 Å². The topological polar surface area (TPSA) is 26.3 Å². The molecule has 10 heavy (non-hydrogen) atoms. The van der Waals surface area contributed by atoms with Gasteiger partial charge in [0.25, 0.3) is 0 Å². The van der Waals surface area contributed by atoms with Crippen LogP contribution >= 0.6 is 15.9 Å². The number of ether oxygens (including phenoxy) is 1. The van der Waals surface area contributed by atoms with Crippen molar-refractivity contribution in [2.24, 2.45) is 0 Å². The van der Waals surface area contributed by atoms with Crippen molar-refractivity contribution in [3.05, 3.63) is 10.1 Å². The first kappa shape index (κ1) is 7.79. The molecule has 1 fully saturated rings. The molecule has 0 N–H and O–H groups in total. The number of hydrogen-bond donors (Lipinski definition) is 0. The zero-order valence-corrected chi connectivity index (χ0v) is 7.40. The zero-order valence-electron chi connectivity index (χ0n) is 5.82. The van der Waals surface area contributed by atoms with E-state index < -0.39 is 0 Å². The standard InChI is InChI=1S/C7H9BrO2/c1-2-10-7(9)6(8)5-3-4-5/h2-4H2,1H3. The summed E-state index contributed by atoms with van der Waals surface area (Å²) in [4.78, 5) is 10.9. The molecule has 1 aliphatic carbocycles. The van der Waals surface area contributed by atoms with Gasteiger partial charge in [0.1, 0.15) is 4.48 Å². The predicted molar refractivity (Wildman–Crippen MR) is 41.8 cm³/mol. The van der Waals surface area contributed by atoms with Crippen LogP contribution in [0.2, 0.25) is 0 Å². The molecule has 0 aromatic carbocycles. The molecule has 56 valence electrons. The van der Waals surface area contributed by atoms with Crippen molar-refractivity contribution < 1.29 is 9.53 Å². The fourth-order valence-electron chi connectivity index (χ4n) is 0.621. The van der Waals surface area contributed by atoms with Crippen molar-refractivity contribution in [3.63, 3.8) is 0 Å². The lowest BCUT2D eigenvalue weighted by Gasteiger charge is -1.97. The first-order valence-electron chi connectivity index (χ1n) is 3.30. The van der Waals surface area contributed by atoms with Gasteiger partial charge in [-0.05, 0) is 41.3 Å². The van der Waals surface area contributed by atoms with Crippen LogP contribution in [-0.2, 0) is 9.53 Å². The van der Waals surface area contributed by atoms with Gasteiger partial charge in [0.05, 0.1) is 6.61 Å². The molecule has 0 atom stereocenters. The molecule has 0 spiro atoms. The fourth-order valence-corrected chi connectivity index (χ4v) is 1.13. The molecule has 0 radical (unpaired) electrons. The Labute approximate surface area is 68.4 Å². The minimum atomic E-state index is -0.227. The molecular weight excluding hydrogens is 196 g/mol. The zero-order chi connectivity index (χ0) is 7.56. The maximum Gasteiger partial charge on any atom is 0.345 e. The van der Waals surface area contributed by atoms with E-state index in [4.69, 9.17) is 4.74 Å². The van der Waals surface area contributed by atoms with E-state index in [0.29, 0.717) is 11.1 Å². The van der Waals surface area contributed by atoms with Crippen LogP contribution in [-0.4, -0.2) is 12.6 Å². The van der Waals surface area contributed by atoms with Crippen molar-refractivity contribution in [2.45, 2.75) is 19.8 Å². The van der Waals surface area contributed by atoms with Crippen LogP contribution in [0, 0.1) is 0 Å². The van der Waals surface area contributed by atoms with Gasteiger partial charge in [-0.3, -0.25) is 0 Å². The molecule has 0 aromatic rings. The Balaban J connectivity index is 2.48. The average molecular weight is 205 g/mol. The molecule has 0 unspecified atom stereocenters. The number of hydrogen-bond acceptors (Lipinski definition) is 2. The second-order valence-electron chi connectivity index (χ2n) is 2.14. The lowest BCUT2D eigenvalue weighted by Crippen LogP contribution is -2.02. The van der Waals surface area contributed by atoms with Gasteiger partial charge in [0, 0.05) is 0 Å². The van der Waals surface area contributed by atoms with Gasteiger partial charge in [0.15, 0.2) is 0 Å². The molecule has 0 amide bonds. The van der Waals surface area contributed by atoms with Crippen LogP contribution < -0.4 is 0 Å². The van der Waals surface area contributed by atoms with E-state index in [-0.39, 0.29) is 5.97 Å². The van der Waals surface area contributed by atoms with Crippen molar-refractivity contribution >= 4 is 21.9 Å². The van der Waals surface area contributed by atoms with Crippen molar-refractivity contribution in [2.75, 3.05) is 6.61 Å². The predicted octanol–water partition coefficient (Wildman–Crippen LogP) is 1.99. The quantitative estimate of drug-likeness (QED) is 0.509. The monoisotopic (exact) mass is 204 g/mol. The summed E-state index contributed by atoms with van der Waals surface area (Å²) < 4.78 is 5.39. The molecule has 1 aliphatic rings. The van der Waals surface area contributed by atoms with Gasteiger partial charge in [-0.1, -0.05) is 0 Å². The number of esters is 1. The van der Waals surface area contributed by atoms with Gasteiger partial charge in [-0.15, -0.1) is 0 Å². The largest absolute Gasteiger partial charge is 0.462 e. The molecular formula is C7H9BrO2. The van der Waals surface area contributed by atoms with E-state index in [2.05, 4.69) is 15.9 Å². The van der Waals surface area contributed by atoms with Gasteiger partial charge < -0.3 is 4.74 Å². The summed E-state index contributed by atoms with van der Waals surface area (Å²) in [6.45, 7) is 2.25. The highest BCUT2D eigenvalue weighted by Crippen LogP contribution is 2.34. The maximum absolute atomic E-state index is 10.9. The molecule has 0 saturated heterocycles. The highest BCUT2D eigenvalue weighted by atomic mass is 79.9. The third-order valence-electron chi connectivity index (χ3n) is 1.27. The first-order valence-corrected chi connectivity index (χ1v) is 4.09. The normalized spacial score (nSPS) is 14.8. The average Bonchev–Trinajstić information content (AvgIpc) is 2.68. The van der Waals surface area contributed by atoms with Crippen LogP contribution in [0.4, 0.5) is 0 Å².